The Kier molecular flexibility index (Phi) is 5.88. The van der Waals surface area contributed by atoms with Crippen LogP contribution in [0.2, 0.25) is 0 Å². The molecule has 3 rings (SSSR count). The zero-order chi connectivity index (χ0) is 21.3. The Morgan fingerprint density at radius 2 is 1.62 bits per heavy atom. The fourth-order valence-electron chi connectivity index (χ4n) is 2.50. The van der Waals surface area contributed by atoms with Crippen LogP contribution in [0.5, 0.6) is 5.75 Å². The van der Waals surface area contributed by atoms with Gasteiger partial charge in [0.25, 0.3) is 5.91 Å². The fourth-order valence-corrected chi connectivity index (χ4v) is 3.29. The average molecular weight is 427 g/mol. The number of hydrogen-bond acceptors (Lipinski definition) is 3. The second-order valence-electron chi connectivity index (χ2n) is 6.20. The van der Waals surface area contributed by atoms with Crippen LogP contribution in [-0.2, 0) is 6.61 Å². The van der Waals surface area contributed by atoms with Gasteiger partial charge in [-0.2, -0.15) is 0 Å². The maximum atomic E-state index is 13.7. The molecule has 0 atom stereocenters. The summed E-state index contributed by atoms with van der Waals surface area (Å²) < 4.78 is 72.7. The van der Waals surface area contributed by atoms with Crippen molar-refractivity contribution < 1.29 is 31.5 Å². The predicted octanol–water partition coefficient (Wildman–Crippen LogP) is 5.89. The van der Waals surface area contributed by atoms with E-state index in [1.165, 1.54) is 6.07 Å². The van der Waals surface area contributed by atoms with E-state index in [4.69, 9.17) is 4.74 Å². The van der Waals surface area contributed by atoms with Gasteiger partial charge in [-0.3, -0.25) is 4.79 Å². The van der Waals surface area contributed by atoms with Crippen molar-refractivity contribution in [2.75, 3.05) is 5.32 Å². The molecule has 3 aromatic rings. The standard InChI is InChI=1S/C20H14F5NO2S/c1-9-4-3-5-12(10(9)2)28-7-11-6-13(29-8-11)20(27)26-19-17(24)15(22)14(21)16(23)18(19)25/h3-6,8H,7H2,1-2H3,(H,26,27). The number of benzene rings is 2. The molecule has 0 radical (unpaired) electrons. The summed E-state index contributed by atoms with van der Waals surface area (Å²) >= 11 is 0.944. The van der Waals surface area contributed by atoms with Crippen molar-refractivity contribution in [2.24, 2.45) is 0 Å². The highest BCUT2D eigenvalue weighted by atomic mass is 32.1. The lowest BCUT2D eigenvalue weighted by Crippen LogP contribution is -2.16. The molecule has 0 bridgehead atoms. The van der Waals surface area contributed by atoms with Gasteiger partial charge < -0.3 is 10.1 Å². The summed E-state index contributed by atoms with van der Waals surface area (Å²) in [6.07, 6.45) is 0. The van der Waals surface area contributed by atoms with E-state index in [-0.39, 0.29) is 11.5 Å². The SMILES string of the molecule is Cc1cccc(OCc2csc(C(=O)Nc3c(F)c(F)c(F)c(F)c3F)c2)c1C. The zero-order valence-electron chi connectivity index (χ0n) is 15.2. The van der Waals surface area contributed by atoms with Gasteiger partial charge in [-0.15, -0.1) is 11.3 Å². The summed E-state index contributed by atoms with van der Waals surface area (Å²) in [5.41, 5.74) is 1.23. The van der Waals surface area contributed by atoms with Crippen molar-refractivity contribution in [1.82, 2.24) is 0 Å². The summed E-state index contributed by atoms with van der Waals surface area (Å²) in [7, 11) is 0. The molecule has 0 fully saturated rings. The maximum absolute atomic E-state index is 13.7. The smallest absolute Gasteiger partial charge is 0.265 e. The number of thiophene rings is 1. The van der Waals surface area contributed by atoms with E-state index >= 15 is 0 Å². The molecule has 1 heterocycles. The van der Waals surface area contributed by atoms with Gasteiger partial charge in [0, 0.05) is 5.56 Å². The lowest BCUT2D eigenvalue weighted by Gasteiger charge is -2.10. The lowest BCUT2D eigenvalue weighted by atomic mass is 10.1. The van der Waals surface area contributed by atoms with Crippen molar-refractivity contribution in [3.63, 3.8) is 0 Å². The molecule has 2 aromatic carbocycles. The van der Waals surface area contributed by atoms with E-state index in [1.54, 1.807) is 16.8 Å². The normalized spacial score (nSPS) is 10.9. The minimum atomic E-state index is -2.29. The molecule has 152 valence electrons. The van der Waals surface area contributed by atoms with Gasteiger partial charge in [-0.05, 0) is 42.5 Å². The van der Waals surface area contributed by atoms with Crippen molar-refractivity contribution in [3.8, 4) is 5.75 Å². The van der Waals surface area contributed by atoms with E-state index in [0.29, 0.717) is 11.3 Å². The minimum absolute atomic E-state index is 0.0218. The summed E-state index contributed by atoms with van der Waals surface area (Å²) in [6, 6.07) is 6.99. The topological polar surface area (TPSA) is 38.3 Å². The lowest BCUT2D eigenvalue weighted by molar-refractivity contribution is 0.102. The van der Waals surface area contributed by atoms with E-state index in [9.17, 15) is 26.7 Å². The van der Waals surface area contributed by atoms with Gasteiger partial charge in [-0.1, -0.05) is 12.1 Å². The largest absolute Gasteiger partial charge is 0.489 e. The van der Waals surface area contributed by atoms with Gasteiger partial charge in [-0.25, -0.2) is 22.0 Å². The molecule has 0 spiro atoms. The third-order valence-electron chi connectivity index (χ3n) is 4.28. The van der Waals surface area contributed by atoms with Crippen molar-refractivity contribution in [2.45, 2.75) is 20.5 Å². The van der Waals surface area contributed by atoms with Crippen molar-refractivity contribution in [1.29, 1.82) is 0 Å². The van der Waals surface area contributed by atoms with E-state index in [1.807, 2.05) is 26.0 Å². The van der Waals surface area contributed by atoms with Crippen molar-refractivity contribution >= 4 is 22.9 Å². The number of anilines is 1. The number of halogens is 5. The monoisotopic (exact) mass is 427 g/mol. The highest BCUT2D eigenvalue weighted by Crippen LogP contribution is 2.28. The molecule has 1 N–H and O–H groups in total. The Morgan fingerprint density at radius 1 is 1.00 bits per heavy atom. The second-order valence-corrected chi connectivity index (χ2v) is 7.12. The molecule has 0 saturated carbocycles. The summed E-state index contributed by atoms with van der Waals surface area (Å²) in [6.45, 7) is 3.98. The predicted molar refractivity (Wildman–Crippen MR) is 98.8 cm³/mol. The summed E-state index contributed by atoms with van der Waals surface area (Å²) in [5.74, 6) is -11.1. The van der Waals surface area contributed by atoms with E-state index < -0.39 is 40.7 Å². The molecule has 1 amide bonds. The first-order valence-corrected chi connectivity index (χ1v) is 9.17. The number of aryl methyl sites for hydroxylation is 1. The van der Waals surface area contributed by atoms with Crippen LogP contribution in [0.15, 0.2) is 29.6 Å². The van der Waals surface area contributed by atoms with Gasteiger partial charge in [0.05, 0.1) is 4.88 Å². The van der Waals surface area contributed by atoms with Gasteiger partial charge in [0.15, 0.2) is 23.3 Å². The van der Waals surface area contributed by atoms with Gasteiger partial charge >= 0.3 is 0 Å². The Hall–Kier alpha value is -2.94. The fraction of sp³-hybridized carbons (Fsp3) is 0.150. The Labute approximate surface area is 166 Å². The van der Waals surface area contributed by atoms with Crippen molar-refractivity contribution in [3.05, 3.63) is 80.3 Å². The molecule has 29 heavy (non-hydrogen) atoms. The Morgan fingerprint density at radius 3 is 2.28 bits per heavy atom. The van der Waals surface area contributed by atoms with Crippen LogP contribution in [-0.4, -0.2) is 5.91 Å². The molecule has 0 aliphatic heterocycles. The Balaban J connectivity index is 1.74. The number of carbonyl (C=O) groups excluding carboxylic acids is 1. The first kappa shape index (κ1) is 20.8. The molecule has 0 unspecified atom stereocenters. The number of amides is 1. The highest BCUT2D eigenvalue weighted by molar-refractivity contribution is 7.12. The molecule has 0 aliphatic carbocycles. The Bertz CT molecular complexity index is 1070. The molecule has 0 aliphatic rings. The molecule has 9 heteroatoms. The summed E-state index contributed by atoms with van der Waals surface area (Å²) in [4.78, 5) is 12.2. The first-order chi connectivity index (χ1) is 13.7. The number of ether oxygens (including phenoxy) is 1. The molecule has 3 nitrogen and oxygen atoms in total. The quantitative estimate of drug-likeness (QED) is 0.313. The van der Waals surface area contributed by atoms with Crippen LogP contribution in [0.4, 0.5) is 27.6 Å². The molecule has 0 saturated heterocycles. The first-order valence-electron chi connectivity index (χ1n) is 8.30. The number of nitrogens with one attached hydrogen (secondary N) is 1. The van der Waals surface area contributed by atoms with E-state index in [0.717, 1.165) is 22.5 Å². The second kappa shape index (κ2) is 8.20. The van der Waals surface area contributed by atoms with Crippen LogP contribution < -0.4 is 10.1 Å². The van der Waals surface area contributed by atoms with Crippen LogP contribution in [0.3, 0.4) is 0 Å². The number of carbonyl (C=O) groups is 1. The number of rotatable bonds is 5. The van der Waals surface area contributed by atoms with E-state index in [2.05, 4.69) is 0 Å². The third kappa shape index (κ3) is 4.09. The minimum Gasteiger partial charge on any atom is -0.489 e. The number of hydrogen-bond donors (Lipinski definition) is 1. The molecule has 1 aromatic heterocycles. The van der Waals surface area contributed by atoms with Crippen LogP contribution in [0.1, 0.15) is 26.4 Å². The zero-order valence-corrected chi connectivity index (χ0v) is 16.0. The highest BCUT2D eigenvalue weighted by Gasteiger charge is 2.27. The van der Waals surface area contributed by atoms with Gasteiger partial charge in [0.1, 0.15) is 18.0 Å². The van der Waals surface area contributed by atoms with Crippen LogP contribution in [0.25, 0.3) is 0 Å². The van der Waals surface area contributed by atoms with Crippen LogP contribution in [0, 0.1) is 42.9 Å². The molecular weight excluding hydrogens is 413 g/mol. The third-order valence-corrected chi connectivity index (χ3v) is 5.25. The maximum Gasteiger partial charge on any atom is 0.265 e. The van der Waals surface area contributed by atoms with Gasteiger partial charge in [0.2, 0.25) is 5.82 Å². The molecular formula is C20H14F5NO2S. The summed E-state index contributed by atoms with van der Waals surface area (Å²) in [5, 5.41) is 3.34. The van der Waals surface area contributed by atoms with Crippen LogP contribution >= 0.6 is 11.3 Å². The average Bonchev–Trinajstić information content (AvgIpc) is 3.18.